The van der Waals surface area contributed by atoms with Crippen LogP contribution in [0.25, 0.3) is 5.65 Å². The minimum Gasteiger partial charge on any atom is -0.383 e. The maximum absolute atomic E-state index is 5.06. The maximum atomic E-state index is 5.06. The second kappa shape index (κ2) is 6.19. The van der Waals surface area contributed by atoms with E-state index in [9.17, 15) is 0 Å². The lowest BCUT2D eigenvalue weighted by molar-refractivity contribution is 0.199. The van der Waals surface area contributed by atoms with Crippen molar-refractivity contribution < 1.29 is 4.74 Å². The summed E-state index contributed by atoms with van der Waals surface area (Å²) in [5, 5.41) is 7.63. The van der Waals surface area contributed by atoms with Gasteiger partial charge < -0.3 is 15.0 Å². The first kappa shape index (κ1) is 13.3. The molecule has 0 aliphatic carbocycles. The maximum Gasteiger partial charge on any atom is 0.157 e. The van der Waals surface area contributed by atoms with Gasteiger partial charge in [-0.15, -0.1) is 0 Å². The van der Waals surface area contributed by atoms with E-state index in [-0.39, 0.29) is 0 Å². The molecule has 1 aliphatic rings. The fourth-order valence-electron chi connectivity index (χ4n) is 2.75. The van der Waals surface area contributed by atoms with E-state index < -0.39 is 0 Å². The van der Waals surface area contributed by atoms with Gasteiger partial charge in [-0.1, -0.05) is 0 Å². The van der Waals surface area contributed by atoms with Crippen molar-refractivity contribution in [2.45, 2.75) is 18.9 Å². The van der Waals surface area contributed by atoms with Crippen molar-refractivity contribution in [1.29, 1.82) is 0 Å². The number of fused-ring (bicyclic) bond motifs is 1. The lowest BCUT2D eigenvalue weighted by Crippen LogP contribution is -2.39. The van der Waals surface area contributed by atoms with Crippen LogP contribution in [-0.2, 0) is 4.74 Å². The molecule has 1 fully saturated rings. The minimum absolute atomic E-state index is 0.518. The summed E-state index contributed by atoms with van der Waals surface area (Å²) >= 11 is 0. The van der Waals surface area contributed by atoms with Crippen molar-refractivity contribution in [3.8, 4) is 0 Å². The quantitative estimate of drug-likeness (QED) is 0.795. The van der Waals surface area contributed by atoms with Crippen LogP contribution in [0, 0.1) is 0 Å². The second-order valence-electron chi connectivity index (χ2n) is 5.11. The number of hydrogen-bond acceptors (Lipinski definition) is 5. The highest BCUT2D eigenvalue weighted by Gasteiger charge is 2.25. The van der Waals surface area contributed by atoms with Crippen LogP contribution in [0.15, 0.2) is 24.5 Å². The van der Waals surface area contributed by atoms with Gasteiger partial charge in [-0.25, -0.2) is 9.50 Å². The van der Waals surface area contributed by atoms with Crippen molar-refractivity contribution in [2.75, 3.05) is 38.3 Å². The van der Waals surface area contributed by atoms with E-state index in [0.717, 1.165) is 37.7 Å². The van der Waals surface area contributed by atoms with E-state index in [2.05, 4.69) is 20.3 Å². The summed E-state index contributed by atoms with van der Waals surface area (Å²) in [5.41, 5.74) is 0.903. The Morgan fingerprint density at radius 2 is 2.40 bits per heavy atom. The Bertz CT molecular complexity index is 555. The molecule has 1 unspecified atom stereocenters. The summed E-state index contributed by atoms with van der Waals surface area (Å²) in [4.78, 5) is 7.08. The fourth-order valence-corrected chi connectivity index (χ4v) is 2.75. The van der Waals surface area contributed by atoms with Gasteiger partial charge in [0, 0.05) is 45.0 Å². The first-order chi connectivity index (χ1) is 9.88. The summed E-state index contributed by atoms with van der Waals surface area (Å²) in [6.07, 6.45) is 6.19. The number of hydrogen-bond donors (Lipinski definition) is 1. The molecule has 108 valence electrons. The molecule has 1 aliphatic heterocycles. The molecule has 0 aromatic carbocycles. The molecule has 1 saturated heterocycles. The molecule has 0 radical (unpaired) electrons. The molecule has 2 aromatic rings. The van der Waals surface area contributed by atoms with Crippen molar-refractivity contribution >= 4 is 11.5 Å². The third kappa shape index (κ3) is 2.76. The van der Waals surface area contributed by atoms with Gasteiger partial charge in [-0.05, 0) is 18.9 Å². The van der Waals surface area contributed by atoms with Crippen molar-refractivity contribution in [3.05, 3.63) is 24.5 Å². The summed E-state index contributed by atoms with van der Waals surface area (Å²) in [7, 11) is 1.73. The zero-order valence-electron chi connectivity index (χ0n) is 11.8. The third-order valence-corrected chi connectivity index (χ3v) is 3.78. The van der Waals surface area contributed by atoms with E-state index >= 15 is 0 Å². The summed E-state index contributed by atoms with van der Waals surface area (Å²) in [6, 6.07) is 4.50. The Morgan fingerprint density at radius 1 is 1.45 bits per heavy atom. The second-order valence-corrected chi connectivity index (χ2v) is 5.11. The Morgan fingerprint density at radius 3 is 3.30 bits per heavy atom. The molecule has 0 bridgehead atoms. The first-order valence-corrected chi connectivity index (χ1v) is 7.15. The van der Waals surface area contributed by atoms with E-state index in [1.807, 2.05) is 18.3 Å². The van der Waals surface area contributed by atoms with Crippen molar-refractivity contribution in [2.24, 2.45) is 0 Å². The normalized spacial score (nSPS) is 19.1. The monoisotopic (exact) mass is 275 g/mol. The van der Waals surface area contributed by atoms with Crippen LogP contribution in [0.3, 0.4) is 0 Å². The van der Waals surface area contributed by atoms with E-state index in [0.29, 0.717) is 6.04 Å². The standard InChI is InChI=1S/C14H21N5O/c1-20-10-7-15-11-12-3-2-8-18(12)13-5-9-19-14(17-13)4-6-16-19/h4-6,9,12,15H,2-3,7-8,10-11H2,1H3. The van der Waals surface area contributed by atoms with Crippen LogP contribution in [0.2, 0.25) is 0 Å². The summed E-state index contributed by atoms with van der Waals surface area (Å²) in [6.45, 7) is 3.71. The van der Waals surface area contributed by atoms with Gasteiger partial charge in [0.05, 0.1) is 12.8 Å². The highest BCUT2D eigenvalue weighted by atomic mass is 16.5. The molecule has 2 aromatic heterocycles. The van der Waals surface area contributed by atoms with Gasteiger partial charge in [0.25, 0.3) is 0 Å². The number of nitrogens with one attached hydrogen (secondary N) is 1. The molecular formula is C14H21N5O. The van der Waals surface area contributed by atoms with E-state index in [1.54, 1.807) is 17.8 Å². The van der Waals surface area contributed by atoms with Crippen molar-refractivity contribution in [1.82, 2.24) is 19.9 Å². The molecule has 0 amide bonds. The molecule has 0 saturated carbocycles. The van der Waals surface area contributed by atoms with Gasteiger partial charge in [-0.2, -0.15) is 5.10 Å². The third-order valence-electron chi connectivity index (χ3n) is 3.78. The average Bonchev–Trinajstić information content (AvgIpc) is 3.11. The molecule has 20 heavy (non-hydrogen) atoms. The summed E-state index contributed by atoms with van der Waals surface area (Å²) < 4.78 is 6.86. The molecule has 6 nitrogen and oxygen atoms in total. The molecular weight excluding hydrogens is 254 g/mol. The van der Waals surface area contributed by atoms with Crippen LogP contribution >= 0.6 is 0 Å². The molecule has 1 atom stereocenters. The Labute approximate surface area is 118 Å². The Hall–Kier alpha value is -1.66. The molecule has 3 rings (SSSR count). The number of rotatable bonds is 6. The lowest BCUT2D eigenvalue weighted by atomic mass is 10.2. The Kier molecular flexibility index (Phi) is 4.13. The highest BCUT2D eigenvalue weighted by molar-refractivity contribution is 5.48. The van der Waals surface area contributed by atoms with Gasteiger partial charge in [0.1, 0.15) is 5.82 Å². The predicted molar refractivity (Wildman–Crippen MR) is 78.1 cm³/mol. The molecule has 1 N–H and O–H groups in total. The van der Waals surface area contributed by atoms with Gasteiger partial charge in [0.2, 0.25) is 0 Å². The molecule has 3 heterocycles. The van der Waals surface area contributed by atoms with E-state index in [1.165, 1.54) is 12.8 Å². The first-order valence-electron chi connectivity index (χ1n) is 7.15. The van der Waals surface area contributed by atoms with Crippen LogP contribution < -0.4 is 10.2 Å². The van der Waals surface area contributed by atoms with E-state index in [4.69, 9.17) is 4.74 Å². The van der Waals surface area contributed by atoms with Crippen molar-refractivity contribution in [3.63, 3.8) is 0 Å². The number of anilines is 1. The Balaban J connectivity index is 1.67. The topological polar surface area (TPSA) is 54.7 Å². The zero-order chi connectivity index (χ0) is 13.8. The number of nitrogens with zero attached hydrogens (tertiary/aromatic N) is 4. The smallest absolute Gasteiger partial charge is 0.157 e. The lowest BCUT2D eigenvalue weighted by Gasteiger charge is -2.26. The number of methoxy groups -OCH3 is 1. The average molecular weight is 275 g/mol. The SMILES string of the molecule is COCCNCC1CCCN1c1ccn2nccc2n1. The largest absolute Gasteiger partial charge is 0.383 e. The van der Waals surface area contributed by atoms with Gasteiger partial charge in [-0.3, -0.25) is 0 Å². The number of ether oxygens (including phenoxy) is 1. The van der Waals surface area contributed by atoms with Crippen LogP contribution in [-0.4, -0.2) is 54.0 Å². The molecule has 6 heteroatoms. The zero-order valence-corrected chi connectivity index (χ0v) is 11.8. The minimum atomic E-state index is 0.518. The summed E-state index contributed by atoms with van der Waals surface area (Å²) in [5.74, 6) is 1.05. The predicted octanol–water partition coefficient (Wildman–Crippen LogP) is 0.934. The molecule has 0 spiro atoms. The van der Waals surface area contributed by atoms with Crippen LogP contribution in [0.4, 0.5) is 5.82 Å². The van der Waals surface area contributed by atoms with Crippen LogP contribution in [0.1, 0.15) is 12.8 Å². The van der Waals surface area contributed by atoms with Gasteiger partial charge >= 0.3 is 0 Å². The highest BCUT2D eigenvalue weighted by Crippen LogP contribution is 2.23. The fraction of sp³-hybridized carbons (Fsp3) is 0.571. The van der Waals surface area contributed by atoms with Crippen LogP contribution in [0.5, 0.6) is 0 Å². The van der Waals surface area contributed by atoms with Gasteiger partial charge in [0.15, 0.2) is 5.65 Å². The number of aromatic nitrogens is 3.